The van der Waals surface area contributed by atoms with Crippen LogP contribution in [0, 0.1) is 0 Å². The molecule has 2 amide bonds. The lowest BCUT2D eigenvalue weighted by atomic mass is 9.97. The van der Waals surface area contributed by atoms with E-state index in [-0.39, 0.29) is 35.5 Å². The number of likely N-dealkylation sites (tertiary alicyclic amines) is 4. The second-order valence-corrected chi connectivity index (χ2v) is 39.9. The Labute approximate surface area is 821 Å². The first kappa shape index (κ1) is 98.5. The Balaban J connectivity index is 0.000000138. The van der Waals surface area contributed by atoms with Crippen molar-refractivity contribution in [1.29, 1.82) is 0 Å². The number of hydrogen-bond donors (Lipinski definition) is 2. The molecule has 6 saturated heterocycles. The van der Waals surface area contributed by atoms with Crippen LogP contribution in [-0.4, -0.2) is 162 Å². The van der Waals surface area contributed by atoms with E-state index in [4.69, 9.17) is 141 Å². The van der Waals surface area contributed by atoms with E-state index >= 15 is 0 Å². The van der Waals surface area contributed by atoms with Gasteiger partial charge in [0.1, 0.15) is 72.3 Å². The normalized spacial score (nSPS) is 18.3. The molecule has 30 heteroatoms. The number of nitrogens with zero attached hydrogens (tertiary/aromatic N) is 8. The van der Waals surface area contributed by atoms with Crippen molar-refractivity contribution in [3.63, 3.8) is 0 Å². The van der Waals surface area contributed by atoms with Crippen molar-refractivity contribution < 1.29 is 67.3 Å². The minimum absolute atomic E-state index is 0.147. The number of fused-ring (bicyclic) bond motifs is 2. The predicted molar refractivity (Wildman–Crippen MR) is 527 cm³/mol. The van der Waals surface area contributed by atoms with Gasteiger partial charge in [-0.05, 0) is 259 Å². The minimum Gasteiger partial charge on any atom is -0.487 e. The molecule has 0 radical (unpaired) electrons. The molecule has 704 valence electrons. The molecule has 8 heterocycles. The molecule has 6 aliphatic rings. The number of halogens is 8. The maximum atomic E-state index is 12.3. The summed E-state index contributed by atoms with van der Waals surface area (Å²) in [6.45, 7) is 23.9. The first-order valence-electron chi connectivity index (χ1n) is 45.0. The number of carbonyl (C=O) groups excluding carboxylic acids is 2. The number of benzene rings is 10. The van der Waals surface area contributed by atoms with Crippen LogP contribution in [0.25, 0.3) is 22.1 Å². The van der Waals surface area contributed by atoms with E-state index in [0.717, 1.165) is 134 Å². The predicted octanol–water partition coefficient (Wildman–Crippen LogP) is 25.4. The van der Waals surface area contributed by atoms with Gasteiger partial charge in [-0.25, -0.2) is 29.1 Å². The molecule has 0 aliphatic carbocycles. The van der Waals surface area contributed by atoms with E-state index in [0.29, 0.717) is 166 Å². The van der Waals surface area contributed by atoms with Gasteiger partial charge in [0.25, 0.3) is 0 Å². The van der Waals surface area contributed by atoms with Crippen molar-refractivity contribution in [1.82, 2.24) is 38.7 Å². The fraction of sp³-hybridized carbons (Fsp3) is 0.365. The highest BCUT2D eigenvalue weighted by molar-refractivity contribution is 6.37. The van der Waals surface area contributed by atoms with Crippen LogP contribution in [0.4, 0.5) is 9.59 Å². The molecule has 2 N–H and O–H groups in total. The van der Waals surface area contributed by atoms with Crippen LogP contribution in [-0.2, 0) is 71.6 Å². The average molecular weight is 1980 g/mol. The highest BCUT2D eigenvalue weighted by atomic mass is 35.5. The van der Waals surface area contributed by atoms with Crippen molar-refractivity contribution >= 4 is 139 Å². The van der Waals surface area contributed by atoms with Gasteiger partial charge < -0.3 is 67.0 Å². The summed E-state index contributed by atoms with van der Waals surface area (Å²) in [7, 11) is 0. The summed E-state index contributed by atoms with van der Waals surface area (Å²) in [5.41, 5.74) is 12.2. The van der Waals surface area contributed by atoms with Crippen LogP contribution < -0.4 is 18.9 Å². The molecule has 0 spiro atoms. The topological polar surface area (TPSA) is 231 Å². The van der Waals surface area contributed by atoms with Gasteiger partial charge in [-0.1, -0.05) is 190 Å². The number of carbonyl (C=O) groups is 4. The largest absolute Gasteiger partial charge is 0.487 e. The zero-order valence-electron chi connectivity index (χ0n) is 75.5. The molecule has 134 heavy (non-hydrogen) atoms. The summed E-state index contributed by atoms with van der Waals surface area (Å²) in [6.07, 6.45) is 5.78. The van der Waals surface area contributed by atoms with Crippen LogP contribution in [0.2, 0.25) is 40.2 Å². The van der Waals surface area contributed by atoms with Gasteiger partial charge in [-0.15, -0.1) is 0 Å². The highest BCUT2D eigenvalue weighted by Crippen LogP contribution is 2.39. The van der Waals surface area contributed by atoms with Crippen molar-refractivity contribution in [2.45, 2.75) is 180 Å². The average Bonchev–Trinajstić information content (AvgIpc) is 1.63. The number of amides is 2. The van der Waals surface area contributed by atoms with Crippen molar-refractivity contribution in [3.05, 3.63) is 314 Å². The van der Waals surface area contributed by atoms with E-state index in [1.165, 1.54) is 22.3 Å². The first-order chi connectivity index (χ1) is 64.3. The minimum atomic E-state index is -0.933. The Morgan fingerprint density at radius 3 is 0.948 bits per heavy atom. The van der Waals surface area contributed by atoms with Crippen molar-refractivity contribution in [3.8, 4) is 23.0 Å². The fourth-order valence-electron chi connectivity index (χ4n) is 17.2. The van der Waals surface area contributed by atoms with E-state index in [9.17, 15) is 29.4 Å². The Bertz CT molecular complexity index is 5810. The van der Waals surface area contributed by atoms with Gasteiger partial charge in [0.05, 0.1) is 91.7 Å². The Morgan fingerprint density at radius 2 is 0.672 bits per heavy atom. The maximum absolute atomic E-state index is 12.3. The number of aromatic nitrogens is 4. The number of rotatable bonds is 26. The Hall–Kier alpha value is -10.0. The molecule has 6 fully saturated rings. The zero-order chi connectivity index (χ0) is 94.5. The molecular formula is C104H108Cl8N8O14. The van der Waals surface area contributed by atoms with Crippen LogP contribution in [0.1, 0.15) is 181 Å². The molecule has 0 unspecified atom stereocenters. The third kappa shape index (κ3) is 26.8. The number of ether oxygens (including phenoxy) is 8. The van der Waals surface area contributed by atoms with Crippen LogP contribution in [0.5, 0.6) is 23.0 Å². The molecule has 22 nitrogen and oxygen atoms in total. The lowest BCUT2D eigenvalue weighted by molar-refractivity contribution is -0.0592. The van der Waals surface area contributed by atoms with Crippen LogP contribution >= 0.6 is 92.8 Å². The second-order valence-electron chi connectivity index (χ2n) is 36.6. The van der Waals surface area contributed by atoms with Crippen molar-refractivity contribution in [2.75, 3.05) is 65.6 Å². The number of aromatic carboxylic acids is 2. The molecule has 6 atom stereocenters. The molecular weight excluding hydrogens is 1870 g/mol. The van der Waals surface area contributed by atoms with Gasteiger partial charge in [-0.3, -0.25) is 9.80 Å². The second kappa shape index (κ2) is 44.9. The zero-order valence-corrected chi connectivity index (χ0v) is 81.5. The van der Waals surface area contributed by atoms with Gasteiger partial charge in [0, 0.05) is 84.4 Å². The van der Waals surface area contributed by atoms with E-state index in [1.807, 2.05) is 65.8 Å². The standard InChI is InChI=1S/2C30H29Cl2N3O4.2C22H25Cl2NO3/c2*31-23-5-7-28(25(32)14-23)39-18-19-2-1-3-20(12-19)22-8-10-34(15-22)17-29-33-26-6-4-21(30(36)37)13-27(26)35(29)16-24-9-11-38-24;2*1-22(2,3)28-21(26)25-10-9-17(13-25)16-6-4-5-15(11-16)14-27-20-8-7-18(23)12-19(20)24/h2*1-7,12-14,22,24H,8-11,15-18H2,(H,36,37);2*4-8,11-12,17H,9-10,13-14H2,1-3H3/t22-,24+;22-,24-;2*17-/m1010/s1. The summed E-state index contributed by atoms with van der Waals surface area (Å²) in [6, 6.07) is 64.8. The molecule has 0 saturated carbocycles. The lowest BCUT2D eigenvalue weighted by Gasteiger charge is -2.28. The van der Waals surface area contributed by atoms with Crippen LogP contribution in [0.15, 0.2) is 206 Å². The Kier molecular flexibility index (Phi) is 33.0. The number of hydrogen-bond acceptors (Lipinski definition) is 16. The third-order valence-electron chi connectivity index (χ3n) is 24.3. The maximum Gasteiger partial charge on any atom is 0.410 e. The van der Waals surface area contributed by atoms with Crippen LogP contribution in [0.3, 0.4) is 0 Å². The smallest absolute Gasteiger partial charge is 0.410 e. The number of imidazole rings is 2. The molecule has 18 rings (SSSR count). The molecule has 6 aliphatic heterocycles. The quantitative estimate of drug-likeness (QED) is 0.0513. The number of carboxylic acid groups (broad SMARTS) is 2. The van der Waals surface area contributed by atoms with Gasteiger partial charge >= 0.3 is 24.1 Å². The lowest BCUT2D eigenvalue weighted by Crippen LogP contribution is -2.35. The summed E-state index contributed by atoms with van der Waals surface area (Å²) >= 11 is 48.7. The van der Waals surface area contributed by atoms with E-state index in [2.05, 4.69) is 91.7 Å². The van der Waals surface area contributed by atoms with Gasteiger partial charge in [0.2, 0.25) is 0 Å². The van der Waals surface area contributed by atoms with E-state index < -0.39 is 23.1 Å². The summed E-state index contributed by atoms with van der Waals surface area (Å²) in [5.74, 6) is 3.89. The summed E-state index contributed by atoms with van der Waals surface area (Å²) in [4.78, 5) is 66.0. The molecule has 0 bridgehead atoms. The Morgan fingerprint density at radius 1 is 0.373 bits per heavy atom. The fourth-order valence-corrected chi connectivity index (χ4v) is 19.1. The van der Waals surface area contributed by atoms with Crippen molar-refractivity contribution in [2.24, 2.45) is 0 Å². The summed E-state index contributed by atoms with van der Waals surface area (Å²) < 4.78 is 50.2. The molecule has 10 aromatic carbocycles. The third-order valence-corrected chi connectivity index (χ3v) is 26.4. The first-order valence-corrected chi connectivity index (χ1v) is 48.1. The van der Waals surface area contributed by atoms with E-state index in [1.54, 1.807) is 119 Å². The SMILES string of the molecule is CC(C)(C)OC(=O)N1CC[C@@H](c2cccc(COc3ccc(Cl)cc3Cl)c2)C1.CC(C)(C)OC(=O)N1CC[C@H](c2cccc(COc3ccc(Cl)cc3Cl)c2)C1.O=C(O)c1ccc2nc(CN3CC[C@@H](c4cccc(COc5ccc(Cl)cc5Cl)c4)C3)n(C[C@@H]3CCO3)c2c1.O=C(O)c1ccc2nc(CN3CC[C@H](c4cccc(COc5ccc(Cl)cc5Cl)c4)C3)n(C[C@@H]3CCO3)c2c1. The summed E-state index contributed by atoms with van der Waals surface area (Å²) in [5, 5.41) is 23.3. The number of carboxylic acids is 2. The van der Waals surface area contributed by atoms with Gasteiger partial charge in [-0.2, -0.15) is 0 Å². The monoisotopic (exact) mass is 1970 g/mol. The molecule has 2 aromatic heterocycles. The molecule has 12 aromatic rings. The van der Waals surface area contributed by atoms with Gasteiger partial charge in [0.15, 0.2) is 0 Å². The highest BCUT2D eigenvalue weighted by Gasteiger charge is 2.35.